The van der Waals surface area contributed by atoms with Crippen molar-refractivity contribution in [2.75, 3.05) is 0 Å². The first-order valence-corrected chi connectivity index (χ1v) is 24.2. The van der Waals surface area contributed by atoms with Crippen molar-refractivity contribution >= 4 is 11.9 Å². The summed E-state index contributed by atoms with van der Waals surface area (Å²) in [6, 6.07) is 27.8. The van der Waals surface area contributed by atoms with Crippen molar-refractivity contribution in [1.82, 2.24) is 0 Å². The Bertz CT molecular complexity index is 1520. The molecule has 0 saturated carbocycles. The minimum atomic E-state index is -0.162. The smallest absolute Gasteiger partial charge is 0.311 e. The number of nitrogens with zero attached hydrogens (tertiary/aromatic N) is 2. The Labute approximate surface area is 364 Å². The lowest BCUT2D eigenvalue weighted by molar-refractivity contribution is -0.697. The first kappa shape index (κ1) is 48.3. The highest BCUT2D eigenvalue weighted by atomic mass is 16.5. The lowest BCUT2D eigenvalue weighted by atomic mass is 10.0. The van der Waals surface area contributed by atoms with Crippen molar-refractivity contribution < 1.29 is 28.2 Å². The third-order valence-electron chi connectivity index (χ3n) is 11.7. The summed E-state index contributed by atoms with van der Waals surface area (Å²) in [6.45, 7) is 2.27. The van der Waals surface area contributed by atoms with Crippen molar-refractivity contribution in [1.29, 1.82) is 0 Å². The molecule has 326 valence electrons. The van der Waals surface area contributed by atoms with Crippen LogP contribution in [-0.2, 0) is 22.7 Å². The predicted molar refractivity (Wildman–Crippen MR) is 246 cm³/mol. The number of esters is 2. The third-order valence-corrected chi connectivity index (χ3v) is 11.7. The van der Waals surface area contributed by atoms with Gasteiger partial charge < -0.3 is 9.47 Å². The van der Waals surface area contributed by atoms with Crippen LogP contribution in [0, 0.1) is 0 Å². The zero-order valence-corrected chi connectivity index (χ0v) is 37.1. The SMILES string of the molecule is O=C(CCCCCCCCCCCCCCC[n+]1ccccc1)Oc1ccc(-c2ccc(OC(=O)CCCCCCCCCCCCCCC[n+]3ccccc3)cc2)cc1. The van der Waals surface area contributed by atoms with Crippen LogP contribution in [0.4, 0.5) is 0 Å². The number of aryl methyl sites for hydroxylation is 2. The monoisotopic (exact) mass is 819 g/mol. The molecular formula is C54H78N2O4+2. The molecule has 0 spiro atoms. The van der Waals surface area contributed by atoms with Gasteiger partial charge in [-0.1, -0.05) is 165 Å². The van der Waals surface area contributed by atoms with Crippen molar-refractivity contribution in [3.63, 3.8) is 0 Å². The van der Waals surface area contributed by atoms with E-state index in [4.69, 9.17) is 9.47 Å². The van der Waals surface area contributed by atoms with Gasteiger partial charge in [-0.3, -0.25) is 9.59 Å². The zero-order chi connectivity index (χ0) is 42.0. The average Bonchev–Trinajstić information content (AvgIpc) is 3.27. The Hall–Kier alpha value is -4.32. The van der Waals surface area contributed by atoms with Crippen molar-refractivity contribution in [3.05, 3.63) is 110 Å². The zero-order valence-electron chi connectivity index (χ0n) is 37.1. The van der Waals surface area contributed by atoms with Crippen LogP contribution >= 0.6 is 0 Å². The Morgan fingerprint density at radius 3 is 0.850 bits per heavy atom. The fraction of sp³-hybridized carbons (Fsp3) is 0.556. The van der Waals surface area contributed by atoms with E-state index in [1.807, 2.05) is 48.5 Å². The summed E-state index contributed by atoms with van der Waals surface area (Å²) < 4.78 is 15.8. The molecule has 6 nitrogen and oxygen atoms in total. The van der Waals surface area contributed by atoms with Gasteiger partial charge in [-0.05, 0) is 61.1 Å². The number of hydrogen-bond acceptors (Lipinski definition) is 4. The molecule has 0 aliphatic rings. The molecule has 60 heavy (non-hydrogen) atoms. The van der Waals surface area contributed by atoms with Crippen LogP contribution in [0.25, 0.3) is 11.1 Å². The van der Waals surface area contributed by atoms with Crippen molar-refractivity contribution in [3.8, 4) is 22.6 Å². The maximum Gasteiger partial charge on any atom is 0.311 e. The van der Waals surface area contributed by atoms with Gasteiger partial charge in [0.25, 0.3) is 0 Å². The standard InChI is InChI=1S/C54H78N2O4/c57-53(33-25-19-15-11-7-3-1-5-9-13-17-21-27-43-55-45-29-23-30-46-55)59-51-39-35-49(36-40-51)50-37-41-52(42-38-50)60-54(58)34-26-20-16-12-8-4-2-6-10-14-18-22-28-44-56-47-31-24-32-48-56/h23-24,29-32,35-42,45-48H,1-22,25-28,33-34,43-44H2/q+2. The first-order valence-electron chi connectivity index (χ1n) is 24.2. The Balaban J connectivity index is 0.905. The van der Waals surface area contributed by atoms with Crippen LogP contribution in [0.5, 0.6) is 11.5 Å². The number of carbonyl (C=O) groups excluding carboxylic acids is 2. The van der Waals surface area contributed by atoms with Gasteiger partial charge in [0.2, 0.25) is 0 Å². The van der Waals surface area contributed by atoms with Gasteiger partial charge in [0, 0.05) is 49.9 Å². The molecule has 0 unspecified atom stereocenters. The number of benzene rings is 2. The topological polar surface area (TPSA) is 60.4 Å². The highest BCUT2D eigenvalue weighted by Gasteiger charge is 2.08. The van der Waals surface area contributed by atoms with Gasteiger partial charge in [-0.25, -0.2) is 9.13 Å². The second-order valence-electron chi connectivity index (χ2n) is 16.9. The number of rotatable bonds is 35. The van der Waals surface area contributed by atoms with Crippen molar-refractivity contribution in [2.45, 2.75) is 193 Å². The summed E-state index contributed by atoms with van der Waals surface area (Å²) in [5.41, 5.74) is 2.04. The Morgan fingerprint density at radius 2 is 0.567 bits per heavy atom. The molecule has 0 N–H and O–H groups in total. The molecule has 6 heteroatoms. The Morgan fingerprint density at radius 1 is 0.317 bits per heavy atom. The molecule has 0 radical (unpaired) electrons. The minimum Gasteiger partial charge on any atom is -0.427 e. The first-order chi connectivity index (χ1) is 29.7. The molecule has 0 amide bonds. The molecule has 4 rings (SSSR count). The van der Waals surface area contributed by atoms with Crippen LogP contribution in [0.1, 0.15) is 180 Å². The lowest BCUT2D eigenvalue weighted by Crippen LogP contribution is -2.32. The number of hydrogen-bond donors (Lipinski definition) is 0. The normalized spacial score (nSPS) is 11.1. The summed E-state index contributed by atoms with van der Waals surface area (Å²) in [4.78, 5) is 24.9. The van der Waals surface area contributed by atoms with Crippen LogP contribution < -0.4 is 18.6 Å². The summed E-state index contributed by atoms with van der Waals surface area (Å²) in [6.07, 6.45) is 42.4. The lowest BCUT2D eigenvalue weighted by Gasteiger charge is -2.08. The fourth-order valence-corrected chi connectivity index (χ4v) is 7.98. The maximum atomic E-state index is 12.4. The van der Waals surface area contributed by atoms with E-state index in [1.165, 1.54) is 141 Å². The minimum absolute atomic E-state index is 0.162. The molecule has 2 aromatic heterocycles. The van der Waals surface area contributed by atoms with Crippen LogP contribution in [-0.4, -0.2) is 11.9 Å². The summed E-state index contributed by atoms with van der Waals surface area (Å²) in [7, 11) is 0. The third kappa shape index (κ3) is 23.5. The molecule has 0 aliphatic heterocycles. The van der Waals surface area contributed by atoms with Gasteiger partial charge in [-0.15, -0.1) is 0 Å². The molecule has 0 saturated heterocycles. The summed E-state index contributed by atoms with van der Waals surface area (Å²) >= 11 is 0. The highest BCUT2D eigenvalue weighted by Crippen LogP contribution is 2.25. The number of carbonyl (C=O) groups is 2. The molecule has 0 aliphatic carbocycles. The van der Waals surface area contributed by atoms with Gasteiger partial charge in [0.1, 0.15) is 24.6 Å². The number of unbranched alkanes of at least 4 members (excludes halogenated alkanes) is 24. The van der Waals surface area contributed by atoms with E-state index in [0.29, 0.717) is 24.3 Å². The van der Waals surface area contributed by atoms with Gasteiger partial charge in [0.05, 0.1) is 0 Å². The van der Waals surface area contributed by atoms with Crippen LogP contribution in [0.15, 0.2) is 110 Å². The molecule has 0 fully saturated rings. The quantitative estimate of drug-likeness (QED) is 0.0201. The largest absolute Gasteiger partial charge is 0.427 e. The highest BCUT2D eigenvalue weighted by molar-refractivity contribution is 5.74. The van der Waals surface area contributed by atoms with Gasteiger partial charge in [-0.2, -0.15) is 0 Å². The average molecular weight is 819 g/mol. The molecule has 2 heterocycles. The maximum absolute atomic E-state index is 12.4. The molecule has 4 aromatic rings. The number of aromatic nitrogens is 2. The Kier molecular flexibility index (Phi) is 26.1. The van der Waals surface area contributed by atoms with E-state index in [1.54, 1.807) is 0 Å². The van der Waals surface area contributed by atoms with Crippen molar-refractivity contribution in [2.24, 2.45) is 0 Å². The molecule has 2 aromatic carbocycles. The number of pyridine rings is 2. The molecule has 0 bridgehead atoms. The van der Waals surface area contributed by atoms with Crippen LogP contribution in [0.2, 0.25) is 0 Å². The predicted octanol–water partition coefficient (Wildman–Crippen LogP) is 14.1. The summed E-state index contributed by atoms with van der Waals surface area (Å²) in [5, 5.41) is 0. The van der Waals surface area contributed by atoms with E-state index in [9.17, 15) is 9.59 Å². The van der Waals surface area contributed by atoms with E-state index in [2.05, 4.69) is 70.3 Å². The van der Waals surface area contributed by atoms with Gasteiger partial charge >= 0.3 is 11.9 Å². The molecular weight excluding hydrogens is 741 g/mol. The second-order valence-corrected chi connectivity index (χ2v) is 16.9. The second kappa shape index (κ2) is 32.5. The van der Waals surface area contributed by atoms with E-state index in [0.717, 1.165) is 49.9 Å². The van der Waals surface area contributed by atoms with Crippen LogP contribution in [0.3, 0.4) is 0 Å². The van der Waals surface area contributed by atoms with E-state index >= 15 is 0 Å². The number of ether oxygens (including phenoxy) is 2. The van der Waals surface area contributed by atoms with Gasteiger partial charge in [0.15, 0.2) is 24.8 Å². The van der Waals surface area contributed by atoms with E-state index in [-0.39, 0.29) is 11.9 Å². The summed E-state index contributed by atoms with van der Waals surface area (Å²) in [5.74, 6) is 0.827. The molecule has 0 atom stereocenters. The van der Waals surface area contributed by atoms with E-state index < -0.39 is 0 Å². The fourth-order valence-electron chi connectivity index (χ4n) is 7.98.